The zero-order chi connectivity index (χ0) is 34.7. The third-order valence-corrected chi connectivity index (χ3v) is 9.71. The molecule has 6 rings (SSSR count). The van der Waals surface area contributed by atoms with E-state index < -0.39 is 17.7 Å². The summed E-state index contributed by atoms with van der Waals surface area (Å²) in [4.78, 5) is 21.9. The van der Waals surface area contributed by atoms with Gasteiger partial charge in [0.15, 0.2) is 6.10 Å². The molecule has 4 heterocycles. The second-order valence-corrected chi connectivity index (χ2v) is 15.3. The lowest BCUT2D eigenvalue weighted by molar-refractivity contribution is -0.171. The van der Waals surface area contributed by atoms with Crippen LogP contribution in [0.1, 0.15) is 93.6 Å². The zero-order valence-corrected chi connectivity index (χ0v) is 30.6. The number of aromatic nitrogens is 1. The average molecular weight is 670 g/mol. The number of pyridine rings is 1. The summed E-state index contributed by atoms with van der Waals surface area (Å²) >= 11 is 0. The van der Waals surface area contributed by atoms with Gasteiger partial charge in [0, 0.05) is 49.7 Å². The topological polar surface area (TPSA) is 82.2 Å². The number of nitrogens with one attached hydrogen (secondary N) is 1. The molecule has 0 amide bonds. The molecule has 49 heavy (non-hydrogen) atoms. The van der Waals surface area contributed by atoms with Crippen LogP contribution >= 0.6 is 0 Å². The summed E-state index contributed by atoms with van der Waals surface area (Å²) in [6.07, 6.45) is 3.79. The number of ether oxygens (including phenoxy) is 4. The number of aryl methyl sites for hydroxylation is 2. The van der Waals surface area contributed by atoms with Crippen molar-refractivity contribution in [1.82, 2.24) is 15.2 Å². The van der Waals surface area contributed by atoms with Crippen molar-refractivity contribution in [3.05, 3.63) is 70.0 Å². The van der Waals surface area contributed by atoms with Crippen molar-refractivity contribution in [1.29, 1.82) is 0 Å². The monoisotopic (exact) mass is 669 g/mol. The molecular weight excluding hydrogens is 614 g/mol. The molecule has 0 saturated carbocycles. The minimum atomic E-state index is -0.966. The average Bonchev–Trinajstić information content (AvgIpc) is 3.06. The molecule has 1 N–H and O–H groups in total. The fourth-order valence-corrected chi connectivity index (χ4v) is 7.54. The van der Waals surface area contributed by atoms with E-state index in [-0.39, 0.29) is 6.10 Å². The Kier molecular flexibility index (Phi) is 11.1. The van der Waals surface area contributed by atoms with Gasteiger partial charge in [-0.3, -0.25) is 4.98 Å². The molecule has 8 heteroatoms. The maximum Gasteiger partial charge on any atom is 0.340 e. The smallest absolute Gasteiger partial charge is 0.340 e. The van der Waals surface area contributed by atoms with E-state index in [2.05, 4.69) is 53.7 Å². The van der Waals surface area contributed by atoms with E-state index in [9.17, 15) is 4.79 Å². The summed E-state index contributed by atoms with van der Waals surface area (Å²) < 4.78 is 24.3. The van der Waals surface area contributed by atoms with Crippen LogP contribution in [-0.4, -0.2) is 67.5 Å². The number of carbonyl (C=O) groups is 1. The minimum absolute atomic E-state index is 0.289. The predicted molar refractivity (Wildman–Crippen MR) is 194 cm³/mol. The first-order valence-corrected chi connectivity index (χ1v) is 18.2. The minimum Gasteiger partial charge on any atom is -0.493 e. The van der Waals surface area contributed by atoms with E-state index in [1.165, 1.54) is 16.7 Å². The van der Waals surface area contributed by atoms with Gasteiger partial charge in [-0.05, 0) is 139 Å². The largest absolute Gasteiger partial charge is 0.493 e. The van der Waals surface area contributed by atoms with Crippen LogP contribution in [0.2, 0.25) is 0 Å². The quantitative estimate of drug-likeness (QED) is 0.224. The van der Waals surface area contributed by atoms with Gasteiger partial charge >= 0.3 is 5.97 Å². The highest BCUT2D eigenvalue weighted by Gasteiger charge is 2.36. The summed E-state index contributed by atoms with van der Waals surface area (Å²) in [7, 11) is 2.20. The Morgan fingerprint density at radius 2 is 1.73 bits per heavy atom. The SMILES string of the molecule is Cc1nc(CN(C)CC2CCOCC2)c(-c2ccc3c(c2)CCNC3)c(-c2ccc3c(c2)CCCO3)c1[C@H](OC(C)(C)C)C(=O)OC(C)C. The van der Waals surface area contributed by atoms with Crippen LogP contribution < -0.4 is 10.1 Å². The Bertz CT molecular complexity index is 1640. The van der Waals surface area contributed by atoms with E-state index >= 15 is 0 Å². The normalized spacial score (nSPS) is 17.4. The van der Waals surface area contributed by atoms with Gasteiger partial charge in [-0.25, -0.2) is 4.79 Å². The van der Waals surface area contributed by atoms with Gasteiger partial charge in [-0.1, -0.05) is 24.3 Å². The van der Waals surface area contributed by atoms with Crippen LogP contribution in [0, 0.1) is 12.8 Å². The lowest BCUT2D eigenvalue weighted by Crippen LogP contribution is -2.32. The molecule has 0 bridgehead atoms. The molecule has 0 unspecified atom stereocenters. The molecule has 264 valence electrons. The Morgan fingerprint density at radius 1 is 1.00 bits per heavy atom. The standard InChI is InChI=1S/C41H55N3O5/c1-26(2)48-40(45)39(49-41(4,5)6)36-27(3)43-34(25-44(7)24-28-15-19-46-20-16-28)37(31-10-11-33-23-42-17-14-29(33)21-31)38(36)32-12-13-35-30(22-32)9-8-18-47-35/h10-13,21-22,26,28,39,42H,8-9,14-20,23-25H2,1-7H3/t39-/m0/s1. The Balaban J connectivity index is 1.60. The molecule has 3 aliphatic rings. The highest BCUT2D eigenvalue weighted by atomic mass is 16.6. The Hall–Kier alpha value is -3.30. The summed E-state index contributed by atoms with van der Waals surface area (Å²) in [6.45, 7) is 17.6. The molecule has 1 saturated heterocycles. The number of hydrogen-bond acceptors (Lipinski definition) is 8. The van der Waals surface area contributed by atoms with Gasteiger partial charge in [0.25, 0.3) is 0 Å². The highest BCUT2D eigenvalue weighted by Crippen LogP contribution is 2.45. The second-order valence-electron chi connectivity index (χ2n) is 15.3. The third-order valence-electron chi connectivity index (χ3n) is 9.71. The van der Waals surface area contributed by atoms with Crippen molar-refractivity contribution in [3.8, 4) is 28.0 Å². The van der Waals surface area contributed by atoms with Crippen LogP contribution in [0.5, 0.6) is 5.75 Å². The molecule has 0 spiro atoms. The fourth-order valence-electron chi connectivity index (χ4n) is 7.54. The van der Waals surface area contributed by atoms with Crippen LogP contribution in [-0.2, 0) is 44.9 Å². The predicted octanol–water partition coefficient (Wildman–Crippen LogP) is 7.36. The van der Waals surface area contributed by atoms with Crippen LogP contribution in [0.4, 0.5) is 0 Å². The lowest BCUT2D eigenvalue weighted by atomic mass is 9.84. The Morgan fingerprint density at radius 3 is 2.49 bits per heavy atom. The van der Waals surface area contributed by atoms with Crippen LogP contribution in [0.25, 0.3) is 22.3 Å². The molecule has 1 aromatic heterocycles. The molecule has 1 fully saturated rings. The van der Waals surface area contributed by atoms with Crippen molar-refractivity contribution in [3.63, 3.8) is 0 Å². The number of hydrogen-bond donors (Lipinski definition) is 1. The lowest BCUT2D eigenvalue weighted by Gasteiger charge is -2.32. The summed E-state index contributed by atoms with van der Waals surface area (Å²) in [5.41, 5.74) is 9.98. The van der Waals surface area contributed by atoms with E-state index in [0.29, 0.717) is 12.5 Å². The second kappa shape index (κ2) is 15.3. The number of benzene rings is 2. The van der Waals surface area contributed by atoms with E-state index in [0.717, 1.165) is 117 Å². The maximum absolute atomic E-state index is 14.1. The molecule has 2 aromatic carbocycles. The van der Waals surface area contributed by atoms with Gasteiger partial charge in [0.1, 0.15) is 5.75 Å². The molecule has 1 atom stereocenters. The van der Waals surface area contributed by atoms with Crippen molar-refractivity contribution >= 4 is 5.97 Å². The van der Waals surface area contributed by atoms with Gasteiger partial charge in [0.2, 0.25) is 0 Å². The molecule has 8 nitrogen and oxygen atoms in total. The van der Waals surface area contributed by atoms with E-state index in [4.69, 9.17) is 23.9 Å². The number of rotatable bonds is 10. The van der Waals surface area contributed by atoms with Crippen LogP contribution in [0.15, 0.2) is 36.4 Å². The molecule has 0 aliphatic carbocycles. The number of fused-ring (bicyclic) bond motifs is 2. The molecule has 3 aliphatic heterocycles. The molecule has 0 radical (unpaired) electrons. The number of nitrogens with zero attached hydrogens (tertiary/aromatic N) is 2. The zero-order valence-electron chi connectivity index (χ0n) is 30.6. The fraction of sp³-hybridized carbons (Fsp3) is 0.561. The van der Waals surface area contributed by atoms with Crippen molar-refractivity contribution in [2.24, 2.45) is 5.92 Å². The molecule has 3 aromatic rings. The van der Waals surface area contributed by atoms with Crippen LogP contribution in [0.3, 0.4) is 0 Å². The van der Waals surface area contributed by atoms with Gasteiger partial charge in [0.05, 0.1) is 24.0 Å². The first-order valence-electron chi connectivity index (χ1n) is 18.2. The first-order chi connectivity index (χ1) is 23.5. The van der Waals surface area contributed by atoms with Gasteiger partial charge < -0.3 is 29.2 Å². The van der Waals surface area contributed by atoms with Crippen molar-refractivity contribution in [2.75, 3.05) is 40.0 Å². The van der Waals surface area contributed by atoms with E-state index in [1.54, 1.807) is 0 Å². The number of carbonyl (C=O) groups excluding carboxylic acids is 1. The van der Waals surface area contributed by atoms with Crippen molar-refractivity contribution in [2.45, 2.75) is 105 Å². The third kappa shape index (κ3) is 8.54. The summed E-state index contributed by atoms with van der Waals surface area (Å²) in [6, 6.07) is 13.3. The first kappa shape index (κ1) is 35.5. The number of esters is 1. The van der Waals surface area contributed by atoms with Crippen molar-refractivity contribution < 1.29 is 23.7 Å². The summed E-state index contributed by atoms with van der Waals surface area (Å²) in [5.74, 6) is 1.13. The highest BCUT2D eigenvalue weighted by molar-refractivity contribution is 5.92. The molecular formula is C41H55N3O5. The maximum atomic E-state index is 14.1. The summed E-state index contributed by atoms with van der Waals surface area (Å²) in [5, 5.41) is 3.52. The Labute approximate surface area is 292 Å². The van der Waals surface area contributed by atoms with Gasteiger partial charge in [-0.2, -0.15) is 0 Å². The van der Waals surface area contributed by atoms with Gasteiger partial charge in [-0.15, -0.1) is 0 Å². The van der Waals surface area contributed by atoms with E-state index in [1.807, 2.05) is 41.5 Å².